The lowest BCUT2D eigenvalue weighted by atomic mass is 10.2. The monoisotopic (exact) mass is 354 g/mol. The number of hydrogen-bond acceptors (Lipinski definition) is 4. The van der Waals surface area contributed by atoms with E-state index in [4.69, 9.17) is 9.47 Å². The quantitative estimate of drug-likeness (QED) is 0.866. The number of amides is 2. The van der Waals surface area contributed by atoms with E-state index in [0.29, 0.717) is 23.6 Å². The normalized spacial score (nSPS) is 18.0. The van der Waals surface area contributed by atoms with E-state index < -0.39 is 0 Å². The maximum atomic E-state index is 12.6. The molecule has 26 heavy (non-hydrogen) atoms. The SMILES string of the molecule is COc1ccc(NC(=O)C2CC2C(=O)N(C)c2ccccc2)cc1OC. The van der Waals surface area contributed by atoms with E-state index >= 15 is 0 Å². The molecule has 1 fully saturated rings. The first-order chi connectivity index (χ1) is 12.5. The van der Waals surface area contributed by atoms with E-state index in [1.165, 1.54) is 0 Å². The lowest BCUT2D eigenvalue weighted by molar-refractivity contribution is -0.123. The molecule has 2 unspecified atom stereocenters. The predicted octanol–water partition coefficient (Wildman–Crippen LogP) is 2.94. The summed E-state index contributed by atoms with van der Waals surface area (Å²) in [6.45, 7) is 0. The molecular formula is C20H22N2O4. The van der Waals surface area contributed by atoms with Crippen molar-refractivity contribution in [1.29, 1.82) is 0 Å². The van der Waals surface area contributed by atoms with Crippen LogP contribution in [0.1, 0.15) is 6.42 Å². The molecule has 136 valence electrons. The van der Waals surface area contributed by atoms with Gasteiger partial charge in [-0.15, -0.1) is 0 Å². The molecule has 6 heteroatoms. The summed E-state index contributed by atoms with van der Waals surface area (Å²) in [5, 5.41) is 2.85. The first-order valence-electron chi connectivity index (χ1n) is 8.40. The number of carbonyl (C=O) groups excluding carboxylic acids is 2. The first-order valence-corrected chi connectivity index (χ1v) is 8.40. The average Bonchev–Trinajstić information content (AvgIpc) is 3.48. The van der Waals surface area contributed by atoms with Crippen molar-refractivity contribution in [2.24, 2.45) is 11.8 Å². The van der Waals surface area contributed by atoms with E-state index in [0.717, 1.165) is 5.69 Å². The minimum absolute atomic E-state index is 0.0383. The van der Waals surface area contributed by atoms with Crippen LogP contribution in [0.4, 0.5) is 11.4 Å². The molecule has 1 aliphatic rings. The molecule has 1 aliphatic carbocycles. The van der Waals surface area contributed by atoms with Crippen LogP contribution in [0.15, 0.2) is 48.5 Å². The van der Waals surface area contributed by atoms with Gasteiger partial charge in [0.05, 0.1) is 26.1 Å². The molecule has 1 saturated carbocycles. The second kappa shape index (κ2) is 7.47. The predicted molar refractivity (Wildman–Crippen MR) is 99.6 cm³/mol. The van der Waals surface area contributed by atoms with Gasteiger partial charge in [-0.1, -0.05) is 18.2 Å². The number of nitrogens with zero attached hydrogens (tertiary/aromatic N) is 1. The van der Waals surface area contributed by atoms with Gasteiger partial charge in [0.15, 0.2) is 11.5 Å². The molecule has 2 atom stereocenters. The van der Waals surface area contributed by atoms with Crippen molar-refractivity contribution in [2.45, 2.75) is 6.42 Å². The molecule has 0 saturated heterocycles. The number of hydrogen-bond donors (Lipinski definition) is 1. The number of ether oxygens (including phenoxy) is 2. The zero-order valence-electron chi connectivity index (χ0n) is 15.1. The molecule has 0 spiro atoms. The Hall–Kier alpha value is -3.02. The van der Waals surface area contributed by atoms with E-state index in [2.05, 4.69) is 5.32 Å². The third-order valence-corrected chi connectivity index (χ3v) is 4.57. The molecule has 0 bridgehead atoms. The summed E-state index contributed by atoms with van der Waals surface area (Å²) in [5.74, 6) is 0.356. The molecular weight excluding hydrogens is 332 g/mol. The summed E-state index contributed by atoms with van der Waals surface area (Å²) in [6.07, 6.45) is 0.565. The molecule has 0 aromatic heterocycles. The van der Waals surface area contributed by atoms with Gasteiger partial charge in [0.25, 0.3) is 0 Å². The number of carbonyl (C=O) groups is 2. The number of rotatable bonds is 6. The lowest BCUT2D eigenvalue weighted by Crippen LogP contribution is -2.29. The van der Waals surface area contributed by atoms with Gasteiger partial charge < -0.3 is 19.7 Å². The van der Waals surface area contributed by atoms with Gasteiger partial charge in [-0.05, 0) is 30.7 Å². The van der Waals surface area contributed by atoms with Gasteiger partial charge in [-0.2, -0.15) is 0 Å². The van der Waals surface area contributed by atoms with Crippen molar-refractivity contribution in [3.05, 3.63) is 48.5 Å². The van der Waals surface area contributed by atoms with Gasteiger partial charge in [0.2, 0.25) is 11.8 Å². The maximum Gasteiger partial charge on any atom is 0.230 e. The molecule has 2 amide bonds. The van der Waals surface area contributed by atoms with E-state index in [1.54, 1.807) is 44.4 Å². The molecule has 6 nitrogen and oxygen atoms in total. The van der Waals surface area contributed by atoms with Crippen LogP contribution in [0.2, 0.25) is 0 Å². The van der Waals surface area contributed by atoms with E-state index in [9.17, 15) is 9.59 Å². The van der Waals surface area contributed by atoms with Gasteiger partial charge in [0.1, 0.15) is 0 Å². The van der Waals surface area contributed by atoms with Gasteiger partial charge >= 0.3 is 0 Å². The van der Waals surface area contributed by atoms with Crippen molar-refractivity contribution in [3.8, 4) is 11.5 Å². The van der Waals surface area contributed by atoms with Gasteiger partial charge in [-0.3, -0.25) is 9.59 Å². The van der Waals surface area contributed by atoms with Crippen LogP contribution in [0.25, 0.3) is 0 Å². The summed E-state index contributed by atoms with van der Waals surface area (Å²) in [5.41, 5.74) is 1.44. The van der Waals surface area contributed by atoms with Crippen LogP contribution in [0, 0.1) is 11.8 Å². The van der Waals surface area contributed by atoms with Crippen molar-refractivity contribution in [1.82, 2.24) is 0 Å². The standard InChI is InChI=1S/C20H22N2O4/c1-22(14-7-5-4-6-8-14)20(24)16-12-15(16)19(23)21-13-9-10-17(25-2)18(11-13)26-3/h4-11,15-16H,12H2,1-3H3,(H,21,23). The second-order valence-corrected chi connectivity index (χ2v) is 6.24. The highest BCUT2D eigenvalue weighted by molar-refractivity contribution is 6.04. The Morgan fingerprint density at radius 1 is 1.00 bits per heavy atom. The van der Waals surface area contributed by atoms with Crippen molar-refractivity contribution < 1.29 is 19.1 Å². The Morgan fingerprint density at radius 3 is 2.35 bits per heavy atom. The van der Waals surface area contributed by atoms with E-state index in [1.807, 2.05) is 30.3 Å². The van der Waals surface area contributed by atoms with Crippen LogP contribution in [-0.4, -0.2) is 33.1 Å². The highest BCUT2D eigenvalue weighted by Gasteiger charge is 2.49. The molecule has 2 aromatic rings. The smallest absolute Gasteiger partial charge is 0.230 e. The fourth-order valence-electron chi connectivity index (χ4n) is 2.93. The Bertz CT molecular complexity index is 807. The van der Waals surface area contributed by atoms with Gasteiger partial charge in [0, 0.05) is 24.5 Å². The van der Waals surface area contributed by atoms with Crippen molar-refractivity contribution >= 4 is 23.2 Å². The summed E-state index contributed by atoms with van der Waals surface area (Å²) in [6, 6.07) is 14.6. The van der Waals surface area contributed by atoms with Crippen LogP contribution in [0.5, 0.6) is 11.5 Å². The zero-order valence-corrected chi connectivity index (χ0v) is 15.1. The van der Waals surface area contributed by atoms with Crippen molar-refractivity contribution in [2.75, 3.05) is 31.5 Å². The largest absolute Gasteiger partial charge is 0.493 e. The number of benzene rings is 2. The highest BCUT2D eigenvalue weighted by Crippen LogP contribution is 2.41. The topological polar surface area (TPSA) is 67.9 Å². The summed E-state index contributed by atoms with van der Waals surface area (Å²) in [4.78, 5) is 26.6. The minimum atomic E-state index is -0.304. The molecule has 2 aromatic carbocycles. The van der Waals surface area contributed by atoms with Crippen LogP contribution in [-0.2, 0) is 9.59 Å². The molecule has 0 heterocycles. The fraction of sp³-hybridized carbons (Fsp3) is 0.300. The first kappa shape index (κ1) is 17.8. The number of nitrogens with one attached hydrogen (secondary N) is 1. The van der Waals surface area contributed by atoms with Crippen LogP contribution >= 0.6 is 0 Å². The van der Waals surface area contributed by atoms with Crippen LogP contribution in [0.3, 0.4) is 0 Å². The summed E-state index contributed by atoms with van der Waals surface area (Å²) in [7, 11) is 4.83. The Kier molecular flexibility index (Phi) is 5.11. The van der Waals surface area contributed by atoms with Crippen molar-refractivity contribution in [3.63, 3.8) is 0 Å². The number of methoxy groups -OCH3 is 2. The molecule has 0 aliphatic heterocycles. The van der Waals surface area contributed by atoms with E-state index in [-0.39, 0.29) is 23.7 Å². The fourth-order valence-corrected chi connectivity index (χ4v) is 2.93. The summed E-state index contributed by atoms with van der Waals surface area (Å²) < 4.78 is 10.4. The third kappa shape index (κ3) is 3.64. The maximum absolute atomic E-state index is 12.6. The Labute approximate surface area is 152 Å². The second-order valence-electron chi connectivity index (χ2n) is 6.24. The Balaban J connectivity index is 1.61. The lowest BCUT2D eigenvalue weighted by Gasteiger charge is -2.17. The Morgan fingerprint density at radius 2 is 1.69 bits per heavy atom. The number of para-hydroxylation sites is 1. The van der Waals surface area contributed by atoms with Crippen LogP contribution < -0.4 is 19.7 Å². The molecule has 3 rings (SSSR count). The average molecular weight is 354 g/mol. The molecule has 0 radical (unpaired) electrons. The molecule has 1 N–H and O–H groups in total. The number of anilines is 2. The minimum Gasteiger partial charge on any atom is -0.493 e. The zero-order chi connectivity index (χ0) is 18.7. The third-order valence-electron chi connectivity index (χ3n) is 4.57. The summed E-state index contributed by atoms with van der Waals surface area (Å²) >= 11 is 0. The highest BCUT2D eigenvalue weighted by atomic mass is 16.5. The van der Waals surface area contributed by atoms with Gasteiger partial charge in [-0.25, -0.2) is 0 Å².